The van der Waals surface area contributed by atoms with E-state index in [2.05, 4.69) is 11.9 Å². The smallest absolute Gasteiger partial charge is 0.331 e. The van der Waals surface area contributed by atoms with Gasteiger partial charge in [0.2, 0.25) is 5.91 Å². The number of carboxylic acids is 1. The first kappa shape index (κ1) is 17.3. The summed E-state index contributed by atoms with van der Waals surface area (Å²) in [4.78, 5) is 22.5. The van der Waals surface area contributed by atoms with Gasteiger partial charge in [0.15, 0.2) is 0 Å². The topological polar surface area (TPSA) is 66.4 Å². The van der Waals surface area contributed by atoms with Crippen molar-refractivity contribution in [3.05, 3.63) is 51.5 Å². The van der Waals surface area contributed by atoms with Crippen LogP contribution in [0.5, 0.6) is 0 Å². The molecule has 6 heteroatoms. The third-order valence-corrected chi connectivity index (χ3v) is 3.37. The number of nitrogens with one attached hydrogen (secondary N) is 1. The summed E-state index contributed by atoms with van der Waals surface area (Å²) in [6.07, 6.45) is 1.69. The number of rotatable bonds is 6. The monoisotopic (exact) mass is 327 g/mol. The van der Waals surface area contributed by atoms with E-state index in [0.29, 0.717) is 21.2 Å². The Balaban J connectivity index is 2.79. The number of carbonyl (C=O) groups excluding carboxylic acids is 1. The minimum Gasteiger partial charge on any atom is -0.478 e. The molecule has 0 spiro atoms. The number of amides is 1. The highest BCUT2D eigenvalue weighted by atomic mass is 35.5. The molecule has 1 aromatic rings. The van der Waals surface area contributed by atoms with E-state index >= 15 is 0 Å². The zero-order chi connectivity index (χ0) is 16.0. The van der Waals surface area contributed by atoms with E-state index in [-0.39, 0.29) is 24.4 Å². The van der Waals surface area contributed by atoms with Gasteiger partial charge in [0.05, 0.1) is 10.0 Å². The van der Waals surface area contributed by atoms with Crippen LogP contribution in [0.2, 0.25) is 10.0 Å². The SMILES string of the molecule is C=C(C)C(=O)NCC/C(=C\c1ccc(Cl)c(Cl)c1)C(=O)O. The molecule has 0 aliphatic carbocycles. The van der Waals surface area contributed by atoms with Gasteiger partial charge in [-0.25, -0.2) is 4.79 Å². The predicted octanol–water partition coefficient (Wildman–Crippen LogP) is 3.54. The van der Waals surface area contributed by atoms with Crippen molar-refractivity contribution in [3.8, 4) is 0 Å². The molecule has 0 saturated carbocycles. The molecule has 0 heterocycles. The van der Waals surface area contributed by atoms with Gasteiger partial charge in [0.1, 0.15) is 0 Å². The van der Waals surface area contributed by atoms with Crippen LogP contribution in [0, 0.1) is 0 Å². The van der Waals surface area contributed by atoms with E-state index in [1.807, 2.05) is 0 Å². The molecule has 0 unspecified atom stereocenters. The van der Waals surface area contributed by atoms with E-state index in [1.54, 1.807) is 25.1 Å². The van der Waals surface area contributed by atoms with Gasteiger partial charge in [-0.15, -0.1) is 0 Å². The number of halogens is 2. The second kappa shape index (κ2) is 7.86. The zero-order valence-electron chi connectivity index (χ0n) is 11.5. The van der Waals surface area contributed by atoms with Crippen LogP contribution < -0.4 is 5.32 Å². The molecular formula is C15H15Cl2NO3. The molecule has 0 bridgehead atoms. The summed E-state index contributed by atoms with van der Waals surface area (Å²) in [6, 6.07) is 4.85. The molecule has 0 fully saturated rings. The maximum Gasteiger partial charge on any atom is 0.331 e. The lowest BCUT2D eigenvalue weighted by atomic mass is 10.1. The van der Waals surface area contributed by atoms with Crippen LogP contribution >= 0.6 is 23.2 Å². The van der Waals surface area contributed by atoms with Gasteiger partial charge < -0.3 is 10.4 Å². The summed E-state index contributed by atoms with van der Waals surface area (Å²) in [5.41, 5.74) is 1.17. The molecular weight excluding hydrogens is 313 g/mol. The van der Waals surface area contributed by atoms with Crippen molar-refractivity contribution in [2.45, 2.75) is 13.3 Å². The largest absolute Gasteiger partial charge is 0.478 e. The summed E-state index contributed by atoms with van der Waals surface area (Å²) < 4.78 is 0. The van der Waals surface area contributed by atoms with Gasteiger partial charge in [-0.2, -0.15) is 0 Å². The highest BCUT2D eigenvalue weighted by Gasteiger charge is 2.09. The molecule has 1 amide bonds. The highest BCUT2D eigenvalue weighted by Crippen LogP contribution is 2.24. The van der Waals surface area contributed by atoms with Crippen LogP contribution in [-0.2, 0) is 9.59 Å². The molecule has 1 rings (SSSR count). The van der Waals surface area contributed by atoms with Gasteiger partial charge in [0.25, 0.3) is 0 Å². The Morgan fingerprint density at radius 1 is 1.33 bits per heavy atom. The minimum absolute atomic E-state index is 0.162. The highest BCUT2D eigenvalue weighted by molar-refractivity contribution is 6.42. The lowest BCUT2D eigenvalue weighted by Crippen LogP contribution is -2.25. The van der Waals surface area contributed by atoms with Crippen LogP contribution in [0.3, 0.4) is 0 Å². The zero-order valence-corrected chi connectivity index (χ0v) is 13.0. The number of carbonyl (C=O) groups is 2. The summed E-state index contributed by atoms with van der Waals surface area (Å²) >= 11 is 11.7. The number of aliphatic carboxylic acids is 1. The molecule has 0 atom stereocenters. The number of hydrogen-bond acceptors (Lipinski definition) is 2. The second-order valence-electron chi connectivity index (χ2n) is 4.43. The fourth-order valence-corrected chi connectivity index (χ4v) is 1.81. The van der Waals surface area contributed by atoms with Crippen molar-refractivity contribution in [1.29, 1.82) is 0 Å². The van der Waals surface area contributed by atoms with Crippen molar-refractivity contribution in [2.24, 2.45) is 0 Å². The average Bonchev–Trinajstić information content (AvgIpc) is 2.41. The number of carboxylic acid groups (broad SMARTS) is 1. The lowest BCUT2D eigenvalue weighted by molar-refractivity contribution is -0.132. The molecule has 0 aliphatic rings. The van der Waals surface area contributed by atoms with Gasteiger partial charge >= 0.3 is 5.97 Å². The Labute approximate surface area is 133 Å². The van der Waals surface area contributed by atoms with Crippen molar-refractivity contribution in [3.63, 3.8) is 0 Å². The van der Waals surface area contributed by atoms with E-state index < -0.39 is 5.97 Å². The fourth-order valence-electron chi connectivity index (χ4n) is 1.51. The molecule has 1 aromatic carbocycles. The first-order valence-corrected chi connectivity index (χ1v) is 6.89. The number of benzene rings is 1. The summed E-state index contributed by atoms with van der Waals surface area (Å²) in [5.74, 6) is -1.35. The Bertz CT molecular complexity index is 609. The van der Waals surface area contributed by atoms with Crippen LogP contribution in [0.25, 0.3) is 6.08 Å². The molecule has 4 nitrogen and oxygen atoms in total. The van der Waals surface area contributed by atoms with Gasteiger partial charge in [0, 0.05) is 17.7 Å². The Hall–Kier alpha value is -1.78. The quantitative estimate of drug-likeness (QED) is 0.785. The van der Waals surface area contributed by atoms with Gasteiger partial charge in [-0.05, 0) is 37.1 Å². The van der Waals surface area contributed by atoms with Crippen molar-refractivity contribution in [1.82, 2.24) is 5.32 Å². The van der Waals surface area contributed by atoms with Gasteiger partial charge in [-0.3, -0.25) is 4.79 Å². The van der Waals surface area contributed by atoms with E-state index in [9.17, 15) is 14.7 Å². The van der Waals surface area contributed by atoms with E-state index in [0.717, 1.165) is 0 Å². The van der Waals surface area contributed by atoms with Crippen LogP contribution in [0.15, 0.2) is 35.9 Å². The van der Waals surface area contributed by atoms with Gasteiger partial charge in [-0.1, -0.05) is 35.8 Å². The Morgan fingerprint density at radius 3 is 2.52 bits per heavy atom. The lowest BCUT2D eigenvalue weighted by Gasteiger charge is -2.06. The van der Waals surface area contributed by atoms with E-state index in [4.69, 9.17) is 23.2 Å². The first-order valence-electron chi connectivity index (χ1n) is 6.14. The molecule has 112 valence electrons. The molecule has 0 saturated heterocycles. The van der Waals surface area contributed by atoms with Crippen LogP contribution in [0.4, 0.5) is 0 Å². The molecule has 21 heavy (non-hydrogen) atoms. The first-order chi connectivity index (χ1) is 9.81. The summed E-state index contributed by atoms with van der Waals surface area (Å²) in [6.45, 7) is 5.30. The van der Waals surface area contributed by atoms with Crippen molar-refractivity contribution >= 4 is 41.2 Å². The third kappa shape index (κ3) is 5.61. The molecule has 0 radical (unpaired) electrons. The molecule has 2 N–H and O–H groups in total. The Kier molecular flexibility index (Phi) is 6.46. The Morgan fingerprint density at radius 2 is 2.00 bits per heavy atom. The maximum atomic E-state index is 11.3. The van der Waals surface area contributed by atoms with Crippen molar-refractivity contribution in [2.75, 3.05) is 6.54 Å². The number of hydrogen-bond donors (Lipinski definition) is 2. The second-order valence-corrected chi connectivity index (χ2v) is 5.25. The summed E-state index contributed by atoms with van der Waals surface area (Å²) in [5, 5.41) is 12.5. The molecule has 0 aliphatic heterocycles. The minimum atomic E-state index is -1.05. The maximum absolute atomic E-state index is 11.3. The van der Waals surface area contributed by atoms with Crippen LogP contribution in [0.1, 0.15) is 18.9 Å². The standard InChI is InChI=1S/C15H15Cl2NO3/c1-9(2)14(19)18-6-5-11(15(20)21)7-10-3-4-12(16)13(17)8-10/h3-4,7-8H,1,5-6H2,2H3,(H,18,19)(H,20,21)/b11-7+. The third-order valence-electron chi connectivity index (χ3n) is 2.63. The predicted molar refractivity (Wildman–Crippen MR) is 84.5 cm³/mol. The fraction of sp³-hybridized carbons (Fsp3) is 0.200. The average molecular weight is 328 g/mol. The van der Waals surface area contributed by atoms with E-state index in [1.165, 1.54) is 6.08 Å². The molecule has 0 aromatic heterocycles. The van der Waals surface area contributed by atoms with Crippen LogP contribution in [-0.4, -0.2) is 23.5 Å². The van der Waals surface area contributed by atoms with Crippen molar-refractivity contribution < 1.29 is 14.7 Å². The normalized spacial score (nSPS) is 11.1. The summed E-state index contributed by atoms with van der Waals surface area (Å²) in [7, 11) is 0.